The number of nitrogens with zero attached hydrogens (tertiary/aromatic N) is 1. The molecule has 2 rings (SSSR count). The summed E-state index contributed by atoms with van der Waals surface area (Å²) in [6, 6.07) is 3.91. The molecule has 0 fully saturated rings. The van der Waals surface area contributed by atoms with Crippen LogP contribution in [0.4, 0.5) is 5.69 Å². The average molecular weight is 378 g/mol. The van der Waals surface area contributed by atoms with E-state index >= 15 is 0 Å². The Bertz CT molecular complexity index is 502. The fraction of sp³-hybridized carbons (Fsp3) is 0.182. The molecule has 0 aliphatic heterocycles. The zero-order chi connectivity index (χ0) is 12.3. The minimum atomic E-state index is 0.709. The van der Waals surface area contributed by atoms with Crippen LogP contribution in [0.1, 0.15) is 5.01 Å². The first kappa shape index (κ1) is 12.9. The third kappa shape index (κ3) is 3.20. The zero-order valence-electron chi connectivity index (χ0n) is 9.04. The largest absolute Gasteiger partial charge is 0.495 e. The Balaban J connectivity index is 2.15. The number of methoxy groups -OCH3 is 1. The van der Waals surface area contributed by atoms with Crippen LogP contribution >= 0.6 is 43.2 Å². The SMILES string of the molecule is COc1cc(NCc2nccs2)c(Br)cc1Br. The fourth-order valence-corrected chi connectivity index (χ4v) is 3.18. The number of aromatic nitrogens is 1. The number of thiazole rings is 1. The normalized spacial score (nSPS) is 10.3. The van der Waals surface area contributed by atoms with Gasteiger partial charge in [-0.1, -0.05) is 0 Å². The second kappa shape index (κ2) is 5.84. The second-order valence-electron chi connectivity index (χ2n) is 3.25. The lowest BCUT2D eigenvalue weighted by atomic mass is 10.3. The molecular weight excluding hydrogens is 368 g/mol. The summed E-state index contributed by atoms with van der Waals surface area (Å²) in [5.74, 6) is 0.801. The van der Waals surface area contributed by atoms with E-state index in [4.69, 9.17) is 4.74 Å². The van der Waals surface area contributed by atoms with Gasteiger partial charge in [-0.2, -0.15) is 0 Å². The van der Waals surface area contributed by atoms with Crippen molar-refractivity contribution >= 4 is 48.9 Å². The van der Waals surface area contributed by atoms with Crippen molar-refractivity contribution in [2.24, 2.45) is 0 Å². The number of anilines is 1. The fourth-order valence-electron chi connectivity index (χ4n) is 1.33. The van der Waals surface area contributed by atoms with Crippen LogP contribution in [0.25, 0.3) is 0 Å². The highest BCUT2D eigenvalue weighted by atomic mass is 79.9. The summed E-state index contributed by atoms with van der Waals surface area (Å²) in [5.41, 5.74) is 0.986. The molecule has 1 heterocycles. The molecule has 0 spiro atoms. The maximum Gasteiger partial charge on any atom is 0.135 e. The van der Waals surface area contributed by atoms with E-state index < -0.39 is 0 Å². The molecule has 0 atom stereocenters. The third-order valence-corrected chi connectivity index (χ3v) is 4.21. The molecule has 0 bridgehead atoms. The molecule has 0 amide bonds. The molecule has 1 N–H and O–H groups in total. The molecule has 0 saturated carbocycles. The number of benzene rings is 1. The maximum absolute atomic E-state index is 5.26. The molecule has 0 saturated heterocycles. The standard InChI is InChI=1S/C11H10Br2N2OS/c1-16-10-5-9(7(12)4-8(10)13)15-6-11-14-2-3-17-11/h2-5,15H,6H2,1H3. The highest BCUT2D eigenvalue weighted by molar-refractivity contribution is 9.11. The number of rotatable bonds is 4. The van der Waals surface area contributed by atoms with E-state index in [1.165, 1.54) is 0 Å². The Labute approximate surface area is 120 Å². The summed E-state index contributed by atoms with van der Waals surface area (Å²) in [6.45, 7) is 0.709. The molecule has 0 aliphatic carbocycles. The number of hydrogen-bond donors (Lipinski definition) is 1. The van der Waals surface area contributed by atoms with Gasteiger partial charge in [-0.05, 0) is 37.9 Å². The lowest BCUT2D eigenvalue weighted by Crippen LogP contribution is -2.00. The van der Waals surface area contributed by atoms with E-state index in [9.17, 15) is 0 Å². The predicted molar refractivity (Wildman–Crippen MR) is 77.8 cm³/mol. The van der Waals surface area contributed by atoms with Crippen molar-refractivity contribution in [3.8, 4) is 5.75 Å². The molecule has 0 aliphatic rings. The van der Waals surface area contributed by atoms with Gasteiger partial charge in [-0.15, -0.1) is 11.3 Å². The summed E-state index contributed by atoms with van der Waals surface area (Å²) in [6.07, 6.45) is 1.80. The first-order chi connectivity index (χ1) is 8.20. The van der Waals surface area contributed by atoms with Gasteiger partial charge < -0.3 is 10.1 Å². The molecule has 0 unspecified atom stereocenters. The van der Waals surface area contributed by atoms with Crippen molar-refractivity contribution in [3.63, 3.8) is 0 Å². The molecule has 3 nitrogen and oxygen atoms in total. The van der Waals surface area contributed by atoms with Crippen LogP contribution in [0, 0.1) is 0 Å². The van der Waals surface area contributed by atoms with Crippen LogP contribution in [-0.4, -0.2) is 12.1 Å². The van der Waals surface area contributed by atoms with Gasteiger partial charge in [0, 0.05) is 22.1 Å². The number of ether oxygens (including phenoxy) is 1. The van der Waals surface area contributed by atoms with E-state index in [1.54, 1.807) is 24.6 Å². The minimum Gasteiger partial charge on any atom is -0.495 e. The Morgan fingerprint density at radius 3 is 2.82 bits per heavy atom. The molecule has 2 aromatic rings. The van der Waals surface area contributed by atoms with E-state index in [-0.39, 0.29) is 0 Å². The number of nitrogens with one attached hydrogen (secondary N) is 1. The van der Waals surface area contributed by atoms with E-state index in [0.717, 1.165) is 25.4 Å². The predicted octanol–water partition coefficient (Wildman–Crippen LogP) is 4.29. The molecule has 1 aromatic carbocycles. The quantitative estimate of drug-likeness (QED) is 0.862. The summed E-state index contributed by atoms with van der Waals surface area (Å²) in [4.78, 5) is 4.22. The van der Waals surface area contributed by atoms with Crippen LogP contribution in [0.5, 0.6) is 5.75 Å². The molecule has 0 radical (unpaired) electrons. The van der Waals surface area contributed by atoms with Gasteiger partial charge >= 0.3 is 0 Å². The van der Waals surface area contributed by atoms with Gasteiger partial charge in [0.05, 0.1) is 23.8 Å². The lowest BCUT2D eigenvalue weighted by molar-refractivity contribution is 0.412. The van der Waals surface area contributed by atoms with Crippen LogP contribution in [0.15, 0.2) is 32.7 Å². The Kier molecular flexibility index (Phi) is 4.42. The van der Waals surface area contributed by atoms with Crippen molar-refractivity contribution < 1.29 is 4.74 Å². The van der Waals surface area contributed by atoms with Crippen molar-refractivity contribution in [2.75, 3.05) is 12.4 Å². The highest BCUT2D eigenvalue weighted by Crippen LogP contribution is 2.34. The van der Waals surface area contributed by atoms with Crippen molar-refractivity contribution in [1.82, 2.24) is 4.98 Å². The van der Waals surface area contributed by atoms with Gasteiger partial charge in [0.15, 0.2) is 0 Å². The van der Waals surface area contributed by atoms with Gasteiger partial charge in [-0.25, -0.2) is 4.98 Å². The van der Waals surface area contributed by atoms with Crippen LogP contribution < -0.4 is 10.1 Å². The monoisotopic (exact) mass is 376 g/mol. The molecule has 90 valence electrons. The van der Waals surface area contributed by atoms with Gasteiger partial charge in [0.2, 0.25) is 0 Å². The zero-order valence-corrected chi connectivity index (χ0v) is 13.0. The Morgan fingerprint density at radius 1 is 1.35 bits per heavy atom. The summed E-state index contributed by atoms with van der Waals surface area (Å²) in [7, 11) is 1.65. The first-order valence-electron chi connectivity index (χ1n) is 4.86. The Morgan fingerprint density at radius 2 is 2.18 bits per heavy atom. The lowest BCUT2D eigenvalue weighted by Gasteiger charge is -2.10. The van der Waals surface area contributed by atoms with Crippen molar-refractivity contribution in [1.29, 1.82) is 0 Å². The summed E-state index contributed by atoms with van der Waals surface area (Å²) < 4.78 is 7.17. The minimum absolute atomic E-state index is 0.709. The van der Waals surface area contributed by atoms with Crippen molar-refractivity contribution in [3.05, 3.63) is 37.7 Å². The number of halogens is 2. The summed E-state index contributed by atoms with van der Waals surface area (Å²) in [5, 5.41) is 6.34. The smallest absolute Gasteiger partial charge is 0.135 e. The van der Waals surface area contributed by atoms with Crippen molar-refractivity contribution in [2.45, 2.75) is 6.54 Å². The highest BCUT2D eigenvalue weighted by Gasteiger charge is 2.07. The maximum atomic E-state index is 5.26. The van der Waals surface area contributed by atoms with E-state index in [1.807, 2.05) is 17.5 Å². The van der Waals surface area contributed by atoms with Crippen LogP contribution in [0.2, 0.25) is 0 Å². The van der Waals surface area contributed by atoms with Crippen LogP contribution in [-0.2, 0) is 6.54 Å². The average Bonchev–Trinajstić information content (AvgIpc) is 2.81. The number of hydrogen-bond acceptors (Lipinski definition) is 4. The van der Waals surface area contributed by atoms with Gasteiger partial charge in [0.25, 0.3) is 0 Å². The summed E-state index contributed by atoms with van der Waals surface area (Å²) >= 11 is 8.58. The molecule has 1 aromatic heterocycles. The van der Waals surface area contributed by atoms with E-state index in [0.29, 0.717) is 6.54 Å². The van der Waals surface area contributed by atoms with E-state index in [2.05, 4.69) is 42.2 Å². The molecular formula is C11H10Br2N2OS. The Hall–Kier alpha value is -0.590. The second-order valence-corrected chi connectivity index (χ2v) is 5.93. The van der Waals surface area contributed by atoms with Gasteiger partial charge in [-0.3, -0.25) is 0 Å². The first-order valence-corrected chi connectivity index (χ1v) is 7.32. The molecule has 6 heteroatoms. The third-order valence-electron chi connectivity index (χ3n) is 2.16. The topological polar surface area (TPSA) is 34.1 Å². The van der Waals surface area contributed by atoms with Crippen LogP contribution in [0.3, 0.4) is 0 Å². The van der Waals surface area contributed by atoms with Gasteiger partial charge in [0.1, 0.15) is 10.8 Å². The molecule has 17 heavy (non-hydrogen) atoms.